The lowest BCUT2D eigenvalue weighted by Gasteiger charge is -2.35. The largest absolute Gasteiger partial charge is 0.326 e. The van der Waals surface area contributed by atoms with Crippen molar-refractivity contribution in [1.82, 2.24) is 4.90 Å². The Kier molecular flexibility index (Phi) is 6.85. The van der Waals surface area contributed by atoms with Gasteiger partial charge < -0.3 is 10.2 Å². The number of urea groups is 1. The normalized spacial score (nSPS) is 14.8. The van der Waals surface area contributed by atoms with E-state index in [0.717, 1.165) is 41.9 Å². The van der Waals surface area contributed by atoms with Gasteiger partial charge in [0.25, 0.3) is 0 Å². The average Bonchev–Trinajstić information content (AvgIpc) is 2.83. The summed E-state index contributed by atoms with van der Waals surface area (Å²) in [5.41, 5.74) is 3.73. The van der Waals surface area contributed by atoms with Crippen LogP contribution in [-0.2, 0) is 11.3 Å². The van der Waals surface area contributed by atoms with E-state index in [1.165, 1.54) is 0 Å². The highest BCUT2D eigenvalue weighted by molar-refractivity contribution is 5.97. The maximum atomic E-state index is 13.1. The molecule has 1 fully saturated rings. The van der Waals surface area contributed by atoms with Gasteiger partial charge in [-0.05, 0) is 48.2 Å². The molecule has 4 rings (SSSR count). The Hall–Kier alpha value is -3.60. The minimum atomic E-state index is -0.189. The van der Waals surface area contributed by atoms with Crippen LogP contribution in [0.3, 0.4) is 0 Å². The molecule has 1 aliphatic rings. The van der Waals surface area contributed by atoms with Crippen molar-refractivity contribution in [3.8, 4) is 0 Å². The molecule has 5 heteroatoms. The molecule has 3 aromatic rings. The van der Waals surface area contributed by atoms with Crippen LogP contribution in [-0.4, -0.2) is 29.9 Å². The molecule has 0 spiro atoms. The molecule has 164 valence electrons. The lowest BCUT2D eigenvalue weighted by Crippen LogP contribution is -2.49. The van der Waals surface area contributed by atoms with Gasteiger partial charge in [-0.3, -0.25) is 9.69 Å². The first kappa shape index (κ1) is 21.6. The zero-order valence-electron chi connectivity index (χ0n) is 18.4. The monoisotopic (exact) mass is 427 g/mol. The molecular weight excluding hydrogens is 398 g/mol. The van der Waals surface area contributed by atoms with Gasteiger partial charge in [0.15, 0.2) is 0 Å². The first-order chi connectivity index (χ1) is 15.7. The fourth-order valence-electron chi connectivity index (χ4n) is 4.18. The third kappa shape index (κ3) is 4.99. The SMILES string of the molecule is CC[C@@H](C(=O)Nc1ccc(N2CCCN(Cc3ccccc3)C2=O)cc1)c1ccccc1. The number of nitrogens with zero attached hydrogens (tertiary/aromatic N) is 2. The van der Waals surface area contributed by atoms with E-state index in [0.29, 0.717) is 13.1 Å². The Morgan fingerprint density at radius 2 is 1.56 bits per heavy atom. The summed E-state index contributed by atoms with van der Waals surface area (Å²) >= 11 is 0. The lowest BCUT2D eigenvalue weighted by molar-refractivity contribution is -0.117. The summed E-state index contributed by atoms with van der Waals surface area (Å²) in [7, 11) is 0. The van der Waals surface area contributed by atoms with Crippen molar-refractivity contribution in [2.75, 3.05) is 23.3 Å². The Morgan fingerprint density at radius 3 is 2.22 bits per heavy atom. The smallest absolute Gasteiger partial charge is 0.324 e. The Labute approximate surface area is 189 Å². The first-order valence-corrected chi connectivity index (χ1v) is 11.2. The van der Waals surface area contributed by atoms with Gasteiger partial charge >= 0.3 is 6.03 Å². The maximum absolute atomic E-state index is 13.1. The van der Waals surface area contributed by atoms with E-state index in [-0.39, 0.29) is 17.9 Å². The van der Waals surface area contributed by atoms with Crippen molar-refractivity contribution in [1.29, 1.82) is 0 Å². The molecular formula is C27H29N3O2. The molecule has 0 unspecified atom stereocenters. The number of amides is 3. The summed E-state index contributed by atoms with van der Waals surface area (Å²) in [6, 6.07) is 27.5. The van der Waals surface area contributed by atoms with E-state index in [1.54, 1.807) is 0 Å². The molecule has 0 radical (unpaired) electrons. The molecule has 5 nitrogen and oxygen atoms in total. The van der Waals surface area contributed by atoms with Crippen LogP contribution in [0, 0.1) is 0 Å². The molecule has 0 bridgehead atoms. The van der Waals surface area contributed by atoms with E-state index < -0.39 is 0 Å². The zero-order chi connectivity index (χ0) is 22.3. The van der Waals surface area contributed by atoms with E-state index in [4.69, 9.17) is 0 Å². The van der Waals surface area contributed by atoms with Gasteiger partial charge in [-0.25, -0.2) is 4.79 Å². The number of anilines is 2. The van der Waals surface area contributed by atoms with Crippen LogP contribution in [0.2, 0.25) is 0 Å². The van der Waals surface area contributed by atoms with Crippen molar-refractivity contribution < 1.29 is 9.59 Å². The topological polar surface area (TPSA) is 52.7 Å². The molecule has 0 aliphatic carbocycles. The number of nitrogens with one attached hydrogen (secondary N) is 1. The zero-order valence-corrected chi connectivity index (χ0v) is 18.4. The van der Waals surface area contributed by atoms with Crippen LogP contribution < -0.4 is 10.2 Å². The second-order valence-electron chi connectivity index (χ2n) is 8.10. The van der Waals surface area contributed by atoms with Gasteiger partial charge in [-0.1, -0.05) is 67.6 Å². The van der Waals surface area contributed by atoms with Crippen molar-refractivity contribution in [3.63, 3.8) is 0 Å². The van der Waals surface area contributed by atoms with Crippen LogP contribution in [0.5, 0.6) is 0 Å². The average molecular weight is 428 g/mol. The predicted octanol–water partition coefficient (Wildman–Crippen LogP) is 5.65. The number of benzene rings is 3. The first-order valence-electron chi connectivity index (χ1n) is 11.2. The molecule has 1 heterocycles. The third-order valence-corrected chi connectivity index (χ3v) is 5.90. The van der Waals surface area contributed by atoms with Gasteiger partial charge in [0.05, 0.1) is 5.92 Å². The van der Waals surface area contributed by atoms with Crippen LogP contribution in [0.4, 0.5) is 16.2 Å². The predicted molar refractivity (Wildman–Crippen MR) is 129 cm³/mol. The lowest BCUT2D eigenvalue weighted by atomic mass is 9.95. The fourth-order valence-corrected chi connectivity index (χ4v) is 4.18. The van der Waals surface area contributed by atoms with Crippen LogP contribution in [0.15, 0.2) is 84.9 Å². The van der Waals surface area contributed by atoms with Crippen molar-refractivity contribution in [2.24, 2.45) is 0 Å². The van der Waals surface area contributed by atoms with Crippen molar-refractivity contribution in [2.45, 2.75) is 32.2 Å². The molecule has 1 saturated heterocycles. The van der Waals surface area contributed by atoms with Crippen LogP contribution in [0.1, 0.15) is 36.8 Å². The number of hydrogen-bond acceptors (Lipinski definition) is 2. The number of hydrogen-bond donors (Lipinski definition) is 1. The summed E-state index contributed by atoms with van der Waals surface area (Å²) in [6.45, 7) is 4.09. The Balaban J connectivity index is 1.41. The van der Waals surface area contributed by atoms with E-state index in [9.17, 15) is 9.59 Å². The highest BCUT2D eigenvalue weighted by Crippen LogP contribution is 2.25. The molecule has 32 heavy (non-hydrogen) atoms. The Bertz CT molecular complexity index is 1040. The molecule has 0 aromatic heterocycles. The highest BCUT2D eigenvalue weighted by atomic mass is 16.2. The molecule has 3 amide bonds. The maximum Gasteiger partial charge on any atom is 0.324 e. The van der Waals surface area contributed by atoms with Gasteiger partial charge in [0.1, 0.15) is 0 Å². The van der Waals surface area contributed by atoms with E-state index in [1.807, 2.05) is 102 Å². The van der Waals surface area contributed by atoms with Gasteiger partial charge in [0.2, 0.25) is 5.91 Å². The molecule has 1 atom stereocenters. The minimum absolute atomic E-state index is 0.0189. The second-order valence-corrected chi connectivity index (χ2v) is 8.10. The molecule has 0 saturated carbocycles. The van der Waals surface area contributed by atoms with Crippen LogP contribution in [0.25, 0.3) is 0 Å². The Morgan fingerprint density at radius 1 is 0.906 bits per heavy atom. The second kappa shape index (κ2) is 10.1. The quantitative estimate of drug-likeness (QED) is 0.530. The molecule has 3 aromatic carbocycles. The number of rotatable bonds is 7. The number of carbonyl (C=O) groups is 2. The third-order valence-electron chi connectivity index (χ3n) is 5.90. The van der Waals surface area contributed by atoms with Gasteiger partial charge in [-0.15, -0.1) is 0 Å². The van der Waals surface area contributed by atoms with Gasteiger partial charge in [-0.2, -0.15) is 0 Å². The number of carbonyl (C=O) groups excluding carboxylic acids is 2. The van der Waals surface area contributed by atoms with Crippen molar-refractivity contribution in [3.05, 3.63) is 96.1 Å². The van der Waals surface area contributed by atoms with E-state index in [2.05, 4.69) is 5.32 Å². The molecule has 1 N–H and O–H groups in total. The fraction of sp³-hybridized carbons (Fsp3) is 0.259. The van der Waals surface area contributed by atoms with E-state index >= 15 is 0 Å². The summed E-state index contributed by atoms with van der Waals surface area (Å²) in [5, 5.41) is 3.02. The molecule has 1 aliphatic heterocycles. The van der Waals surface area contributed by atoms with Gasteiger partial charge in [0, 0.05) is 31.0 Å². The summed E-state index contributed by atoms with van der Waals surface area (Å²) in [5.74, 6) is -0.208. The summed E-state index contributed by atoms with van der Waals surface area (Å²) in [4.78, 5) is 29.6. The van der Waals surface area contributed by atoms with Crippen LogP contribution >= 0.6 is 0 Å². The minimum Gasteiger partial charge on any atom is -0.326 e. The standard InChI is InChI=1S/C27H29N3O2/c1-2-25(22-12-7-4-8-13-22)26(31)28-23-14-16-24(17-15-23)30-19-9-18-29(27(30)32)20-21-10-5-3-6-11-21/h3-8,10-17,25H,2,9,18-20H2,1H3,(H,28,31)/t25-/m1/s1. The summed E-state index contributed by atoms with van der Waals surface area (Å²) in [6.07, 6.45) is 1.65. The summed E-state index contributed by atoms with van der Waals surface area (Å²) < 4.78 is 0. The van der Waals surface area contributed by atoms with Crippen molar-refractivity contribution >= 4 is 23.3 Å². The highest BCUT2D eigenvalue weighted by Gasteiger charge is 2.27.